The molecule has 0 atom stereocenters. The van der Waals surface area contributed by atoms with Crippen LogP contribution in [0.15, 0.2) is 6.07 Å². The van der Waals surface area contributed by atoms with Gasteiger partial charge in [0.1, 0.15) is 0 Å². The highest BCUT2D eigenvalue weighted by molar-refractivity contribution is 5.30. The van der Waals surface area contributed by atoms with Crippen molar-refractivity contribution < 1.29 is 4.74 Å². The molecule has 0 aromatic carbocycles. The van der Waals surface area contributed by atoms with Crippen molar-refractivity contribution in [2.24, 2.45) is 11.7 Å². The van der Waals surface area contributed by atoms with Crippen molar-refractivity contribution in [2.75, 3.05) is 11.9 Å². The summed E-state index contributed by atoms with van der Waals surface area (Å²) in [6, 6.07) is 2.26. The Bertz CT molecular complexity index is 428. The highest BCUT2D eigenvalue weighted by Crippen LogP contribution is 2.23. The lowest BCUT2D eigenvalue weighted by Crippen LogP contribution is -2.29. The van der Waals surface area contributed by atoms with E-state index >= 15 is 0 Å². The molecule has 2 rings (SSSR count). The molecule has 0 spiro atoms. The molecule has 0 unspecified atom stereocenters. The fourth-order valence-corrected chi connectivity index (χ4v) is 2.55. The molecule has 0 bridgehead atoms. The maximum Gasteiger partial charge on any atom is 0.226 e. The van der Waals surface area contributed by atoms with Crippen LogP contribution in [0, 0.1) is 12.8 Å². The van der Waals surface area contributed by atoms with Crippen molar-refractivity contribution >= 4 is 5.95 Å². The van der Waals surface area contributed by atoms with Crippen LogP contribution in [0.4, 0.5) is 5.95 Å². The van der Waals surface area contributed by atoms with Gasteiger partial charge in [-0.05, 0) is 52.4 Å². The number of ether oxygens (including phenoxy) is 1. The van der Waals surface area contributed by atoms with E-state index in [9.17, 15) is 0 Å². The Hall–Kier alpha value is -1.36. The zero-order chi connectivity index (χ0) is 14.5. The molecule has 1 aliphatic carbocycles. The topological polar surface area (TPSA) is 73.1 Å². The van der Waals surface area contributed by atoms with Crippen LogP contribution >= 0.6 is 0 Å². The van der Waals surface area contributed by atoms with Gasteiger partial charge >= 0.3 is 0 Å². The number of nitrogens with one attached hydrogen (secondary N) is 1. The van der Waals surface area contributed by atoms with Gasteiger partial charge in [-0.3, -0.25) is 0 Å². The van der Waals surface area contributed by atoms with E-state index < -0.39 is 0 Å². The summed E-state index contributed by atoms with van der Waals surface area (Å²) in [4.78, 5) is 8.82. The molecule has 1 saturated carbocycles. The Balaban J connectivity index is 1.90. The summed E-state index contributed by atoms with van der Waals surface area (Å²) < 4.78 is 5.63. The second-order valence-corrected chi connectivity index (χ2v) is 6.00. The van der Waals surface area contributed by atoms with Crippen LogP contribution in [0.2, 0.25) is 0 Å². The van der Waals surface area contributed by atoms with Gasteiger partial charge in [0.25, 0.3) is 0 Å². The normalized spacial score (nSPS) is 22.9. The summed E-state index contributed by atoms with van der Waals surface area (Å²) in [6.07, 6.45) is 4.76. The van der Waals surface area contributed by atoms with Crippen molar-refractivity contribution in [1.82, 2.24) is 9.97 Å². The first-order valence-corrected chi connectivity index (χ1v) is 7.54. The van der Waals surface area contributed by atoms with E-state index in [4.69, 9.17) is 10.5 Å². The van der Waals surface area contributed by atoms with Gasteiger partial charge in [0.15, 0.2) is 0 Å². The number of hydrogen-bond donors (Lipinski definition) is 2. The summed E-state index contributed by atoms with van der Waals surface area (Å²) in [6.45, 7) is 6.86. The third-order valence-corrected chi connectivity index (χ3v) is 3.63. The van der Waals surface area contributed by atoms with Crippen molar-refractivity contribution in [3.05, 3.63) is 11.8 Å². The second kappa shape index (κ2) is 6.88. The van der Waals surface area contributed by atoms with Crippen LogP contribution in [0.25, 0.3) is 0 Å². The minimum Gasteiger partial charge on any atom is -0.475 e. The monoisotopic (exact) mass is 278 g/mol. The maximum atomic E-state index is 5.93. The van der Waals surface area contributed by atoms with Crippen LogP contribution in [0.3, 0.4) is 0 Å². The quantitative estimate of drug-likeness (QED) is 0.865. The molecule has 1 heterocycles. The lowest BCUT2D eigenvalue weighted by molar-refractivity contribution is 0.232. The van der Waals surface area contributed by atoms with Gasteiger partial charge in [-0.25, -0.2) is 4.98 Å². The molecule has 112 valence electrons. The van der Waals surface area contributed by atoms with E-state index in [0.717, 1.165) is 25.1 Å². The molecule has 0 radical (unpaired) electrons. The Kier molecular flexibility index (Phi) is 5.17. The van der Waals surface area contributed by atoms with E-state index in [-0.39, 0.29) is 6.10 Å². The van der Waals surface area contributed by atoms with E-state index in [1.807, 2.05) is 26.8 Å². The smallest absolute Gasteiger partial charge is 0.226 e. The molecule has 1 fully saturated rings. The van der Waals surface area contributed by atoms with Crippen molar-refractivity contribution in [1.29, 1.82) is 0 Å². The molecule has 20 heavy (non-hydrogen) atoms. The average molecular weight is 278 g/mol. The fraction of sp³-hybridized carbons (Fsp3) is 0.733. The Morgan fingerprint density at radius 3 is 2.65 bits per heavy atom. The van der Waals surface area contributed by atoms with Gasteiger partial charge in [0.05, 0.1) is 6.10 Å². The molecule has 1 aromatic rings. The van der Waals surface area contributed by atoms with E-state index in [0.29, 0.717) is 23.8 Å². The van der Waals surface area contributed by atoms with Crippen molar-refractivity contribution in [2.45, 2.75) is 58.6 Å². The Morgan fingerprint density at radius 1 is 1.30 bits per heavy atom. The minimum atomic E-state index is 0.122. The molecule has 0 amide bonds. The Labute approximate surface area is 121 Å². The molecule has 1 aromatic heterocycles. The number of aromatic nitrogens is 2. The van der Waals surface area contributed by atoms with Gasteiger partial charge in [-0.1, -0.05) is 0 Å². The fourth-order valence-electron chi connectivity index (χ4n) is 2.55. The molecule has 3 N–H and O–H groups in total. The SMILES string of the molecule is Cc1cc(OC(C)C)nc(NCC2CCC(N)CC2)n1. The van der Waals surface area contributed by atoms with Gasteiger partial charge in [0.2, 0.25) is 11.8 Å². The number of nitrogens with two attached hydrogens (primary N) is 1. The first-order chi connectivity index (χ1) is 9.52. The van der Waals surface area contributed by atoms with Gasteiger partial charge in [0, 0.05) is 24.3 Å². The number of hydrogen-bond acceptors (Lipinski definition) is 5. The van der Waals surface area contributed by atoms with Gasteiger partial charge in [-0.15, -0.1) is 0 Å². The number of rotatable bonds is 5. The summed E-state index contributed by atoms with van der Waals surface area (Å²) >= 11 is 0. The van der Waals surface area contributed by atoms with Crippen LogP contribution in [-0.4, -0.2) is 28.7 Å². The molecular weight excluding hydrogens is 252 g/mol. The maximum absolute atomic E-state index is 5.93. The third kappa shape index (κ3) is 4.63. The average Bonchev–Trinajstić information content (AvgIpc) is 2.36. The predicted octanol–water partition coefficient (Wildman–Crippen LogP) is 2.50. The lowest BCUT2D eigenvalue weighted by atomic mass is 9.86. The zero-order valence-corrected chi connectivity index (χ0v) is 12.7. The minimum absolute atomic E-state index is 0.122. The first-order valence-electron chi connectivity index (χ1n) is 7.54. The first kappa shape index (κ1) is 15.0. The summed E-state index contributed by atoms with van der Waals surface area (Å²) in [5, 5.41) is 3.34. The molecular formula is C15H26N4O. The zero-order valence-electron chi connectivity index (χ0n) is 12.7. The van der Waals surface area contributed by atoms with E-state index in [1.165, 1.54) is 12.8 Å². The van der Waals surface area contributed by atoms with Gasteiger partial charge in [-0.2, -0.15) is 4.98 Å². The molecule has 5 heteroatoms. The number of anilines is 1. The van der Waals surface area contributed by atoms with Crippen molar-refractivity contribution in [3.63, 3.8) is 0 Å². The van der Waals surface area contributed by atoms with Crippen LogP contribution in [0.1, 0.15) is 45.2 Å². The number of aryl methyl sites for hydroxylation is 1. The van der Waals surface area contributed by atoms with Crippen molar-refractivity contribution in [3.8, 4) is 5.88 Å². The van der Waals surface area contributed by atoms with Gasteiger partial charge < -0.3 is 15.8 Å². The highest BCUT2D eigenvalue weighted by Gasteiger charge is 2.18. The largest absolute Gasteiger partial charge is 0.475 e. The third-order valence-electron chi connectivity index (χ3n) is 3.63. The molecule has 1 aliphatic rings. The highest BCUT2D eigenvalue weighted by atomic mass is 16.5. The van der Waals surface area contributed by atoms with E-state index in [1.54, 1.807) is 0 Å². The summed E-state index contributed by atoms with van der Waals surface area (Å²) in [7, 11) is 0. The van der Waals surface area contributed by atoms with Crippen LogP contribution in [-0.2, 0) is 0 Å². The van der Waals surface area contributed by atoms with Crippen LogP contribution in [0.5, 0.6) is 5.88 Å². The molecule has 5 nitrogen and oxygen atoms in total. The molecule has 0 saturated heterocycles. The Morgan fingerprint density at radius 2 is 2.00 bits per heavy atom. The molecule has 0 aliphatic heterocycles. The summed E-state index contributed by atoms with van der Waals surface area (Å²) in [5.41, 5.74) is 6.85. The predicted molar refractivity (Wildman–Crippen MR) is 81.0 cm³/mol. The summed E-state index contributed by atoms with van der Waals surface area (Å²) in [5.74, 6) is 1.98. The standard InChI is InChI=1S/C15H26N4O/c1-10(2)20-14-8-11(3)18-15(19-14)17-9-12-4-6-13(16)7-5-12/h8,10,12-13H,4-7,9,16H2,1-3H3,(H,17,18,19). The second-order valence-electron chi connectivity index (χ2n) is 6.00. The van der Waals surface area contributed by atoms with E-state index in [2.05, 4.69) is 15.3 Å². The number of nitrogens with zero attached hydrogens (tertiary/aromatic N) is 2. The van der Waals surface area contributed by atoms with Crippen LogP contribution < -0.4 is 15.8 Å². The lowest BCUT2D eigenvalue weighted by Gasteiger charge is -2.26.